The number of hydrogen-bond donors (Lipinski definition) is 3. The molecule has 7 heteroatoms. The Morgan fingerprint density at radius 2 is 1.10 bits per heavy atom. The average Bonchev–Trinajstić information content (AvgIpc) is 2.97. The van der Waals surface area contributed by atoms with Crippen LogP contribution in [0.1, 0.15) is 28.2 Å². The second-order valence-electron chi connectivity index (χ2n) is 9.07. The van der Waals surface area contributed by atoms with Crippen LogP contribution in [-0.4, -0.2) is 35.2 Å². The van der Waals surface area contributed by atoms with Crippen molar-refractivity contribution in [2.24, 2.45) is 0 Å². The van der Waals surface area contributed by atoms with Crippen molar-refractivity contribution in [1.29, 1.82) is 0 Å². The molecule has 0 spiro atoms. The van der Waals surface area contributed by atoms with E-state index in [0.717, 1.165) is 22.3 Å². The maximum Gasteiger partial charge on any atom is 0.408 e. The Morgan fingerprint density at radius 1 is 0.641 bits per heavy atom. The van der Waals surface area contributed by atoms with Gasteiger partial charge in [0.05, 0.1) is 0 Å². The second-order valence-corrected chi connectivity index (χ2v) is 9.07. The van der Waals surface area contributed by atoms with Gasteiger partial charge in [-0.05, 0) is 22.3 Å². The van der Waals surface area contributed by atoms with Crippen LogP contribution in [0.4, 0.5) is 4.79 Å². The van der Waals surface area contributed by atoms with Crippen molar-refractivity contribution in [2.75, 3.05) is 0 Å². The van der Waals surface area contributed by atoms with Crippen molar-refractivity contribution in [1.82, 2.24) is 10.6 Å². The molecule has 0 aliphatic heterocycles. The quantitative estimate of drug-likeness (QED) is 0.259. The first-order valence-corrected chi connectivity index (χ1v) is 12.7. The highest BCUT2D eigenvalue weighted by atomic mass is 16.5. The fourth-order valence-corrected chi connectivity index (χ4v) is 4.41. The third kappa shape index (κ3) is 7.79. The Hall–Kier alpha value is -4.91. The number of ether oxygens (including phenoxy) is 1. The van der Waals surface area contributed by atoms with E-state index < -0.39 is 36.0 Å². The molecule has 0 aliphatic rings. The molecular formula is C32H30N2O5. The minimum atomic E-state index is -1.29. The lowest BCUT2D eigenvalue weighted by atomic mass is 9.84. The van der Waals surface area contributed by atoms with Crippen LogP contribution in [0.25, 0.3) is 0 Å². The summed E-state index contributed by atoms with van der Waals surface area (Å²) in [6.07, 6.45) is -0.620. The predicted molar refractivity (Wildman–Crippen MR) is 148 cm³/mol. The van der Waals surface area contributed by atoms with Gasteiger partial charge in [-0.1, -0.05) is 121 Å². The number of amides is 2. The summed E-state index contributed by atoms with van der Waals surface area (Å²) in [6.45, 7) is 0.0359. The van der Waals surface area contributed by atoms with Crippen LogP contribution < -0.4 is 10.6 Å². The molecule has 2 atom stereocenters. The van der Waals surface area contributed by atoms with Gasteiger partial charge in [-0.2, -0.15) is 0 Å². The number of hydrogen-bond acceptors (Lipinski definition) is 4. The molecule has 198 valence electrons. The van der Waals surface area contributed by atoms with Gasteiger partial charge in [0, 0.05) is 12.3 Å². The van der Waals surface area contributed by atoms with Crippen LogP contribution in [-0.2, 0) is 27.4 Å². The van der Waals surface area contributed by atoms with E-state index >= 15 is 0 Å². The van der Waals surface area contributed by atoms with Crippen molar-refractivity contribution in [3.63, 3.8) is 0 Å². The lowest BCUT2D eigenvalue weighted by molar-refractivity contribution is -0.142. The Labute approximate surface area is 227 Å². The molecule has 2 amide bonds. The van der Waals surface area contributed by atoms with Crippen LogP contribution in [0.15, 0.2) is 121 Å². The SMILES string of the molecule is O=C(N[C@@H](Cc1ccccc1)C(=O)N[C@H](C(=O)O)C(c1ccccc1)c1ccccc1)OCc1ccccc1. The Bertz CT molecular complexity index is 1310. The average molecular weight is 523 g/mol. The van der Waals surface area contributed by atoms with Crippen LogP contribution in [0.5, 0.6) is 0 Å². The summed E-state index contributed by atoms with van der Waals surface area (Å²) in [4.78, 5) is 38.8. The molecule has 0 saturated heterocycles. The van der Waals surface area contributed by atoms with Gasteiger partial charge in [-0.25, -0.2) is 9.59 Å². The van der Waals surface area contributed by atoms with E-state index in [0.29, 0.717) is 0 Å². The lowest BCUT2D eigenvalue weighted by Crippen LogP contribution is -2.54. The van der Waals surface area contributed by atoms with Crippen LogP contribution in [0.2, 0.25) is 0 Å². The van der Waals surface area contributed by atoms with Crippen LogP contribution >= 0.6 is 0 Å². The molecule has 4 aromatic rings. The molecule has 3 N–H and O–H groups in total. The van der Waals surface area contributed by atoms with E-state index in [4.69, 9.17) is 4.74 Å². The molecule has 0 aromatic heterocycles. The first-order chi connectivity index (χ1) is 19.0. The van der Waals surface area contributed by atoms with Crippen molar-refractivity contribution >= 4 is 18.0 Å². The number of aliphatic carboxylic acids is 1. The van der Waals surface area contributed by atoms with Gasteiger partial charge in [0.25, 0.3) is 0 Å². The maximum atomic E-state index is 13.6. The summed E-state index contributed by atoms with van der Waals surface area (Å²) in [6, 6.07) is 34.4. The van der Waals surface area contributed by atoms with E-state index in [2.05, 4.69) is 10.6 Å². The molecule has 0 unspecified atom stereocenters. The van der Waals surface area contributed by atoms with Gasteiger partial charge in [0.1, 0.15) is 18.7 Å². The summed E-state index contributed by atoms with van der Waals surface area (Å²) >= 11 is 0. The van der Waals surface area contributed by atoms with Crippen LogP contribution in [0.3, 0.4) is 0 Å². The number of carbonyl (C=O) groups is 3. The Kier molecular flexibility index (Phi) is 9.45. The van der Waals surface area contributed by atoms with Gasteiger partial charge >= 0.3 is 12.1 Å². The molecule has 0 aliphatic carbocycles. The van der Waals surface area contributed by atoms with Gasteiger partial charge in [0.15, 0.2) is 0 Å². The van der Waals surface area contributed by atoms with Gasteiger partial charge in [0.2, 0.25) is 5.91 Å². The first-order valence-electron chi connectivity index (χ1n) is 12.7. The van der Waals surface area contributed by atoms with Crippen LogP contribution in [0, 0.1) is 0 Å². The number of carboxylic acid groups (broad SMARTS) is 1. The van der Waals surface area contributed by atoms with E-state index in [1.165, 1.54) is 0 Å². The first kappa shape index (κ1) is 27.1. The number of rotatable bonds is 11. The van der Waals surface area contributed by atoms with Gasteiger partial charge in [-0.3, -0.25) is 4.79 Å². The summed E-state index contributed by atoms with van der Waals surface area (Å²) in [7, 11) is 0. The van der Waals surface area contributed by atoms with Crippen molar-refractivity contribution in [2.45, 2.75) is 31.0 Å². The number of nitrogens with one attached hydrogen (secondary N) is 2. The Balaban J connectivity index is 1.57. The maximum absolute atomic E-state index is 13.6. The second kappa shape index (κ2) is 13.6. The number of benzene rings is 4. The standard InChI is InChI=1S/C32H30N2O5/c35-30(34-29(31(36)37)28(25-17-9-3-10-18-25)26-19-11-4-12-20-26)27(21-23-13-5-1-6-14-23)33-32(38)39-22-24-15-7-2-8-16-24/h1-20,27-29H,21-22H2,(H,33,38)(H,34,35)(H,36,37)/t27-,29-/m0/s1. The zero-order valence-electron chi connectivity index (χ0n) is 21.3. The van der Waals surface area contributed by atoms with E-state index in [9.17, 15) is 19.5 Å². The number of carbonyl (C=O) groups excluding carboxylic acids is 2. The highest BCUT2D eigenvalue weighted by Gasteiger charge is 2.34. The van der Waals surface area contributed by atoms with Crippen molar-refractivity contribution in [3.8, 4) is 0 Å². The molecule has 4 rings (SSSR count). The summed E-state index contributed by atoms with van der Waals surface area (Å²) < 4.78 is 5.34. The fraction of sp³-hybridized carbons (Fsp3) is 0.156. The van der Waals surface area contributed by atoms with E-state index in [1.54, 1.807) is 0 Å². The Morgan fingerprint density at radius 3 is 1.59 bits per heavy atom. The highest BCUT2D eigenvalue weighted by molar-refractivity contribution is 5.90. The molecule has 0 radical (unpaired) electrons. The van der Waals surface area contributed by atoms with Crippen molar-refractivity contribution in [3.05, 3.63) is 144 Å². The number of carboxylic acids is 1. The lowest BCUT2D eigenvalue weighted by Gasteiger charge is -2.28. The minimum Gasteiger partial charge on any atom is -0.480 e. The smallest absolute Gasteiger partial charge is 0.408 e. The third-order valence-electron chi connectivity index (χ3n) is 6.32. The molecule has 0 bridgehead atoms. The third-order valence-corrected chi connectivity index (χ3v) is 6.32. The summed E-state index contributed by atoms with van der Waals surface area (Å²) in [5.41, 5.74) is 3.09. The molecule has 0 saturated carbocycles. The minimum absolute atomic E-state index is 0.0359. The zero-order valence-corrected chi connectivity index (χ0v) is 21.3. The van der Waals surface area contributed by atoms with Gasteiger partial charge in [-0.15, -0.1) is 0 Å². The van der Waals surface area contributed by atoms with Gasteiger partial charge < -0.3 is 20.5 Å². The van der Waals surface area contributed by atoms with E-state index in [1.807, 2.05) is 121 Å². The molecule has 7 nitrogen and oxygen atoms in total. The normalized spacial score (nSPS) is 12.2. The monoisotopic (exact) mass is 522 g/mol. The molecule has 0 fully saturated rings. The van der Waals surface area contributed by atoms with Crippen molar-refractivity contribution < 1.29 is 24.2 Å². The highest BCUT2D eigenvalue weighted by Crippen LogP contribution is 2.28. The molecule has 4 aromatic carbocycles. The number of alkyl carbamates (subject to hydrolysis) is 1. The zero-order chi connectivity index (χ0) is 27.5. The summed E-state index contributed by atoms with van der Waals surface area (Å²) in [5, 5.41) is 15.6. The molecule has 39 heavy (non-hydrogen) atoms. The summed E-state index contributed by atoms with van der Waals surface area (Å²) in [5.74, 6) is -2.47. The molecule has 0 heterocycles. The largest absolute Gasteiger partial charge is 0.480 e. The van der Waals surface area contributed by atoms with E-state index in [-0.39, 0.29) is 13.0 Å². The fourth-order valence-electron chi connectivity index (χ4n) is 4.41. The predicted octanol–water partition coefficient (Wildman–Crippen LogP) is 4.93. The topological polar surface area (TPSA) is 105 Å². The molecular weight excluding hydrogens is 492 g/mol.